The molecule has 0 aliphatic rings. The number of primary amides is 1. The van der Waals surface area contributed by atoms with Crippen LogP contribution in [0.25, 0.3) is 0 Å². The molecular weight excluding hydrogens is 242 g/mol. The van der Waals surface area contributed by atoms with Gasteiger partial charge in [0.15, 0.2) is 0 Å². The molecule has 1 rings (SSSR count). The van der Waals surface area contributed by atoms with Crippen LogP contribution < -0.4 is 16.6 Å². The second-order valence-corrected chi connectivity index (χ2v) is 3.48. The quantitative estimate of drug-likeness (QED) is 0.501. The molecule has 0 bridgehead atoms. The number of carbonyl (C=O) groups excluding carboxylic acids is 2. The molecule has 0 radical (unpaired) electrons. The van der Waals surface area contributed by atoms with E-state index in [1.807, 2.05) is 0 Å². The van der Waals surface area contributed by atoms with Gasteiger partial charge in [0.1, 0.15) is 6.04 Å². The van der Waals surface area contributed by atoms with Crippen molar-refractivity contribution >= 4 is 17.8 Å². The van der Waals surface area contributed by atoms with Crippen molar-refractivity contribution in [2.75, 3.05) is 0 Å². The Balaban J connectivity index is 2.81. The lowest BCUT2D eigenvalue weighted by Gasteiger charge is -2.12. The van der Waals surface area contributed by atoms with Crippen molar-refractivity contribution < 1.29 is 19.5 Å². The standard InChI is InChI=1S/C10H11N3O5/c11-7(14)4-6(10(17)18)13-9(16)5-1-2-12-8(15)3-5/h1-3,6H,4H2,(H2,11,14)(H,12,15)(H,13,16)(H,17,18). The summed E-state index contributed by atoms with van der Waals surface area (Å²) in [5.41, 5.74) is 4.36. The molecule has 1 atom stereocenters. The summed E-state index contributed by atoms with van der Waals surface area (Å²) in [5, 5.41) is 10.9. The summed E-state index contributed by atoms with van der Waals surface area (Å²) in [7, 11) is 0. The number of amides is 2. The van der Waals surface area contributed by atoms with Crippen LogP contribution >= 0.6 is 0 Å². The molecule has 96 valence electrons. The zero-order chi connectivity index (χ0) is 13.7. The number of nitrogens with two attached hydrogens (primary N) is 1. The van der Waals surface area contributed by atoms with E-state index in [2.05, 4.69) is 10.3 Å². The van der Waals surface area contributed by atoms with Crippen molar-refractivity contribution in [3.8, 4) is 0 Å². The van der Waals surface area contributed by atoms with Crippen molar-refractivity contribution in [3.63, 3.8) is 0 Å². The molecule has 18 heavy (non-hydrogen) atoms. The Morgan fingerprint density at radius 3 is 2.61 bits per heavy atom. The fourth-order valence-electron chi connectivity index (χ4n) is 1.23. The highest BCUT2D eigenvalue weighted by atomic mass is 16.4. The van der Waals surface area contributed by atoms with Crippen LogP contribution in [0.15, 0.2) is 23.1 Å². The van der Waals surface area contributed by atoms with E-state index in [0.29, 0.717) is 0 Å². The van der Waals surface area contributed by atoms with Crippen LogP contribution in [0.4, 0.5) is 0 Å². The van der Waals surface area contributed by atoms with Gasteiger partial charge in [-0.05, 0) is 6.07 Å². The number of H-pyrrole nitrogens is 1. The summed E-state index contributed by atoms with van der Waals surface area (Å²) >= 11 is 0. The van der Waals surface area contributed by atoms with E-state index in [4.69, 9.17) is 10.8 Å². The minimum absolute atomic E-state index is 0.00512. The predicted molar refractivity (Wildman–Crippen MR) is 59.8 cm³/mol. The maximum absolute atomic E-state index is 11.6. The molecule has 1 heterocycles. The number of aromatic nitrogens is 1. The van der Waals surface area contributed by atoms with E-state index >= 15 is 0 Å². The van der Waals surface area contributed by atoms with Crippen LogP contribution in [-0.4, -0.2) is 33.9 Å². The van der Waals surface area contributed by atoms with Crippen LogP contribution in [-0.2, 0) is 9.59 Å². The Kier molecular flexibility index (Phi) is 4.19. The summed E-state index contributed by atoms with van der Waals surface area (Å²) in [6.45, 7) is 0. The Labute approximate surface area is 101 Å². The Bertz CT molecular complexity index is 536. The Morgan fingerprint density at radius 1 is 1.44 bits per heavy atom. The van der Waals surface area contributed by atoms with Gasteiger partial charge in [0, 0.05) is 17.8 Å². The van der Waals surface area contributed by atoms with Crippen molar-refractivity contribution in [2.24, 2.45) is 5.73 Å². The Morgan fingerprint density at radius 2 is 2.11 bits per heavy atom. The first-order valence-corrected chi connectivity index (χ1v) is 4.91. The maximum atomic E-state index is 11.6. The Hall–Kier alpha value is -2.64. The van der Waals surface area contributed by atoms with Gasteiger partial charge in [-0.2, -0.15) is 0 Å². The second-order valence-electron chi connectivity index (χ2n) is 3.48. The highest BCUT2D eigenvalue weighted by molar-refractivity contribution is 5.97. The minimum atomic E-state index is -1.42. The number of nitrogens with one attached hydrogen (secondary N) is 2. The molecule has 2 amide bonds. The number of rotatable bonds is 5. The van der Waals surface area contributed by atoms with E-state index < -0.39 is 35.8 Å². The van der Waals surface area contributed by atoms with Crippen LogP contribution in [0.2, 0.25) is 0 Å². The van der Waals surface area contributed by atoms with Gasteiger partial charge >= 0.3 is 5.97 Å². The molecule has 0 fully saturated rings. The van der Waals surface area contributed by atoms with Gasteiger partial charge in [-0.1, -0.05) is 0 Å². The summed E-state index contributed by atoms with van der Waals surface area (Å²) in [5.74, 6) is -3.00. The van der Waals surface area contributed by atoms with Gasteiger partial charge in [-0.15, -0.1) is 0 Å². The zero-order valence-corrected chi connectivity index (χ0v) is 9.17. The summed E-state index contributed by atoms with van der Waals surface area (Å²) in [6, 6.07) is 0.896. The summed E-state index contributed by atoms with van der Waals surface area (Å²) < 4.78 is 0. The van der Waals surface area contributed by atoms with E-state index in [0.717, 1.165) is 6.07 Å². The molecule has 5 N–H and O–H groups in total. The van der Waals surface area contributed by atoms with Crippen LogP contribution in [0.1, 0.15) is 16.8 Å². The number of aliphatic carboxylic acids is 1. The molecule has 1 aromatic rings. The van der Waals surface area contributed by atoms with Crippen molar-refractivity contribution in [3.05, 3.63) is 34.2 Å². The number of hydrogen-bond acceptors (Lipinski definition) is 4. The number of carboxylic acids is 1. The molecular formula is C10H11N3O5. The maximum Gasteiger partial charge on any atom is 0.326 e. The molecule has 0 saturated heterocycles. The lowest BCUT2D eigenvalue weighted by Crippen LogP contribution is -2.43. The largest absolute Gasteiger partial charge is 0.480 e. The van der Waals surface area contributed by atoms with Gasteiger partial charge in [0.25, 0.3) is 5.91 Å². The average Bonchev–Trinajstić information content (AvgIpc) is 2.27. The summed E-state index contributed by atoms with van der Waals surface area (Å²) in [4.78, 5) is 46.3. The van der Waals surface area contributed by atoms with Crippen LogP contribution in [0.3, 0.4) is 0 Å². The first-order valence-electron chi connectivity index (χ1n) is 4.91. The molecule has 0 aromatic carbocycles. The number of hydrogen-bond donors (Lipinski definition) is 4. The normalized spacial score (nSPS) is 11.6. The van der Waals surface area contributed by atoms with Crippen molar-refractivity contribution in [1.82, 2.24) is 10.3 Å². The fourth-order valence-corrected chi connectivity index (χ4v) is 1.23. The molecule has 8 heteroatoms. The highest BCUT2D eigenvalue weighted by Gasteiger charge is 2.22. The van der Waals surface area contributed by atoms with Gasteiger partial charge in [-0.25, -0.2) is 4.79 Å². The summed E-state index contributed by atoms with van der Waals surface area (Å²) in [6.07, 6.45) is 0.728. The van der Waals surface area contributed by atoms with Crippen molar-refractivity contribution in [1.29, 1.82) is 0 Å². The van der Waals surface area contributed by atoms with Gasteiger partial charge in [0.05, 0.1) is 6.42 Å². The lowest BCUT2D eigenvalue weighted by atomic mass is 10.1. The van der Waals surface area contributed by atoms with E-state index in [1.165, 1.54) is 12.3 Å². The topological polar surface area (TPSA) is 142 Å². The average molecular weight is 253 g/mol. The molecule has 1 unspecified atom stereocenters. The molecule has 0 spiro atoms. The number of carbonyl (C=O) groups is 3. The smallest absolute Gasteiger partial charge is 0.326 e. The zero-order valence-electron chi connectivity index (χ0n) is 9.17. The van der Waals surface area contributed by atoms with Gasteiger partial charge < -0.3 is 21.1 Å². The highest BCUT2D eigenvalue weighted by Crippen LogP contribution is 1.97. The third kappa shape index (κ3) is 3.74. The van der Waals surface area contributed by atoms with E-state index in [-0.39, 0.29) is 5.56 Å². The second kappa shape index (κ2) is 5.62. The van der Waals surface area contributed by atoms with Gasteiger partial charge in [-0.3, -0.25) is 14.4 Å². The van der Waals surface area contributed by atoms with Crippen LogP contribution in [0, 0.1) is 0 Å². The van der Waals surface area contributed by atoms with Crippen molar-refractivity contribution in [2.45, 2.75) is 12.5 Å². The van der Waals surface area contributed by atoms with E-state index in [1.54, 1.807) is 0 Å². The molecule has 8 nitrogen and oxygen atoms in total. The van der Waals surface area contributed by atoms with E-state index in [9.17, 15) is 19.2 Å². The molecule has 0 saturated carbocycles. The molecule has 0 aliphatic carbocycles. The molecule has 0 aliphatic heterocycles. The third-order valence-electron chi connectivity index (χ3n) is 2.05. The number of aromatic amines is 1. The lowest BCUT2D eigenvalue weighted by molar-refractivity contribution is -0.140. The number of pyridine rings is 1. The number of carboxylic acid groups (broad SMARTS) is 1. The monoisotopic (exact) mass is 253 g/mol. The molecule has 1 aromatic heterocycles. The van der Waals surface area contributed by atoms with Gasteiger partial charge in [0.2, 0.25) is 11.5 Å². The SMILES string of the molecule is NC(=O)CC(NC(=O)c1cc[nH]c(=O)c1)C(=O)O. The predicted octanol–water partition coefficient (Wildman–Crippen LogP) is -1.57. The van der Waals surface area contributed by atoms with Crippen LogP contribution in [0.5, 0.6) is 0 Å². The minimum Gasteiger partial charge on any atom is -0.480 e. The fraction of sp³-hybridized carbons (Fsp3) is 0.200. The first kappa shape index (κ1) is 13.4. The first-order chi connectivity index (χ1) is 8.40. The third-order valence-corrected chi connectivity index (χ3v) is 2.05.